The molecule has 0 aliphatic rings. The molecule has 0 saturated carbocycles. The van der Waals surface area contributed by atoms with Crippen LogP contribution in [0.1, 0.15) is 0 Å². The molecule has 0 amide bonds. The van der Waals surface area contributed by atoms with E-state index >= 15 is 0 Å². The molecule has 0 bridgehead atoms. The summed E-state index contributed by atoms with van der Waals surface area (Å²) in [6.45, 7) is 41.8. The molecule has 12 rings (SSSR count). The van der Waals surface area contributed by atoms with Gasteiger partial charge in [0.05, 0.1) is 48.4 Å². The van der Waals surface area contributed by atoms with Crippen LogP contribution in [0.25, 0.3) is 98.0 Å². The molecule has 12 aromatic rings. The fourth-order valence-electron chi connectivity index (χ4n) is 12.2. The van der Waals surface area contributed by atoms with Gasteiger partial charge in [0.25, 0.3) is 0 Å². The van der Waals surface area contributed by atoms with E-state index in [1.54, 1.807) is 36.4 Å². The molecule has 0 unspecified atom stereocenters. The Morgan fingerprint density at radius 1 is 0.213 bits per heavy atom. The van der Waals surface area contributed by atoms with Gasteiger partial charge in [-0.25, -0.2) is 0 Å². The summed E-state index contributed by atoms with van der Waals surface area (Å²) in [6.07, 6.45) is 0. The Morgan fingerprint density at radius 3 is 0.521 bits per heavy atom. The van der Waals surface area contributed by atoms with Gasteiger partial charge in [0, 0.05) is 52.3 Å². The third-order valence-corrected chi connectivity index (χ3v) is 30.1. The van der Waals surface area contributed by atoms with Gasteiger partial charge in [-0.2, -0.15) is 0 Å². The monoisotopic (exact) mass is 1500 g/mol. The van der Waals surface area contributed by atoms with Crippen LogP contribution >= 0.6 is 0 Å². The van der Waals surface area contributed by atoms with Crippen LogP contribution in [0.4, 0.5) is 0 Å². The van der Waals surface area contributed by atoms with Crippen molar-refractivity contribution in [3.8, 4) is 67.9 Å². The smallest absolute Gasteiger partial charge is 0.872 e. The van der Waals surface area contributed by atoms with Crippen molar-refractivity contribution < 1.29 is 155 Å². The molecule has 0 saturated heterocycles. The second-order valence-corrected chi connectivity index (χ2v) is 61.3. The Hall–Kier alpha value is -3.50. The molecule has 0 spiro atoms. The SMILES string of the molecule is C[Si](C)(C)c1ccc2c(-c3c(O)ccc4cc([Si](C)(C)C)ccc34)c([O-])ccc2c1.C[Si](C)(C)c1ccc2c(-c3c(O)ccc4cc([Si](C)(C)C)ccc34)c([O-])ccc2c1.C[Si](C)(C)c1ccc2c(-c3c(O)ccc4cc([Si](C)(C)C)ccc34)c([O-])ccc2c1.[La].[Na+].[Na+].[Na+]. The maximum atomic E-state index is 13.0. The van der Waals surface area contributed by atoms with Crippen LogP contribution in [0.2, 0.25) is 118 Å². The molecule has 3 N–H and O–H groups in total. The normalized spacial score (nSPS) is 12.1. The molecular formula is C78H87LaNa3O6Si6. The molecule has 94 heavy (non-hydrogen) atoms. The second-order valence-electron chi connectivity index (χ2n) is 30.8. The molecule has 0 heterocycles. The van der Waals surface area contributed by atoms with Crippen LogP contribution in [0.3, 0.4) is 0 Å². The van der Waals surface area contributed by atoms with Crippen molar-refractivity contribution in [2.24, 2.45) is 0 Å². The molecule has 0 aliphatic carbocycles. The molecule has 465 valence electrons. The zero-order valence-corrected chi connectivity index (χ0v) is 75.1. The Morgan fingerprint density at radius 2 is 0.362 bits per heavy atom. The number of benzene rings is 12. The second kappa shape index (κ2) is 30.1. The minimum atomic E-state index is -1.46. The molecule has 12 aromatic carbocycles. The summed E-state index contributed by atoms with van der Waals surface area (Å²) >= 11 is 0. The molecule has 6 nitrogen and oxygen atoms in total. The van der Waals surface area contributed by atoms with Crippen LogP contribution in [0, 0.1) is 35.6 Å². The predicted molar refractivity (Wildman–Crippen MR) is 402 cm³/mol. The van der Waals surface area contributed by atoms with Crippen LogP contribution in [0.15, 0.2) is 182 Å². The molecule has 0 aromatic heterocycles. The van der Waals surface area contributed by atoms with Crippen LogP contribution < -0.4 is 135 Å². The van der Waals surface area contributed by atoms with Crippen molar-refractivity contribution in [1.82, 2.24) is 0 Å². The maximum Gasteiger partial charge on any atom is 1.00 e. The van der Waals surface area contributed by atoms with Crippen molar-refractivity contribution in [1.29, 1.82) is 0 Å². The van der Waals surface area contributed by atoms with Gasteiger partial charge in [0.15, 0.2) is 0 Å². The van der Waals surface area contributed by atoms with Crippen molar-refractivity contribution in [2.45, 2.75) is 118 Å². The number of phenols is 3. The Balaban J connectivity index is 0.000000219. The van der Waals surface area contributed by atoms with E-state index in [1.807, 2.05) is 36.4 Å². The number of rotatable bonds is 9. The zero-order chi connectivity index (χ0) is 65.5. The average Bonchev–Trinajstić information content (AvgIpc) is 0.765. The van der Waals surface area contributed by atoms with Crippen LogP contribution in [-0.2, 0) is 0 Å². The van der Waals surface area contributed by atoms with Crippen molar-refractivity contribution in [2.75, 3.05) is 0 Å². The number of fused-ring (bicyclic) bond motifs is 6. The summed E-state index contributed by atoms with van der Waals surface area (Å²) in [5.41, 5.74) is 3.72. The summed E-state index contributed by atoms with van der Waals surface area (Å²) in [4.78, 5) is 0. The molecule has 0 atom stereocenters. The first-order valence-electron chi connectivity index (χ1n) is 31.4. The molecule has 1 radical (unpaired) electrons. The number of hydrogen-bond donors (Lipinski definition) is 3. The first-order valence-corrected chi connectivity index (χ1v) is 52.4. The summed E-state index contributed by atoms with van der Waals surface area (Å²) in [5.74, 6) is 0.298. The fraction of sp³-hybridized carbons (Fsp3) is 0.231. The van der Waals surface area contributed by atoms with E-state index in [2.05, 4.69) is 227 Å². The molecule has 0 aliphatic heterocycles. The average molecular weight is 1500 g/mol. The van der Waals surface area contributed by atoms with Gasteiger partial charge in [-0.1, -0.05) is 313 Å². The van der Waals surface area contributed by atoms with E-state index in [4.69, 9.17) is 0 Å². The van der Waals surface area contributed by atoms with E-state index in [-0.39, 0.29) is 159 Å². The van der Waals surface area contributed by atoms with Gasteiger partial charge >= 0.3 is 88.7 Å². The summed E-state index contributed by atoms with van der Waals surface area (Å²) in [5, 5.41) is 91.7. The van der Waals surface area contributed by atoms with Crippen molar-refractivity contribution >= 4 is 144 Å². The first kappa shape index (κ1) is 79.5. The maximum absolute atomic E-state index is 13.0. The zero-order valence-electron chi connectivity index (χ0n) is 59.5. The summed E-state index contributed by atoms with van der Waals surface area (Å²) < 4.78 is 0. The Labute approximate surface area is 658 Å². The van der Waals surface area contributed by atoms with E-state index in [1.165, 1.54) is 31.1 Å². The first-order chi connectivity index (χ1) is 41.9. The van der Waals surface area contributed by atoms with E-state index in [9.17, 15) is 30.6 Å². The topological polar surface area (TPSA) is 130 Å². The molecule has 16 heteroatoms. The van der Waals surface area contributed by atoms with Gasteiger partial charge in [-0.05, 0) is 99.5 Å². The standard InChI is InChI=1S/3C26H30O2Si2.La.3Na/c3*1-29(2,3)19-9-11-21-17(15-19)7-13-23(27)25(21)26-22-12-10-20(30(4,5)6)16-18(22)8-14-24(26)28;;;;/h3*7-16,27-28H,1-6H3;;;;/q;;;;3*+1/p-3. The number of aromatic hydroxyl groups is 3. The molecule has 0 fully saturated rings. The largest absolute Gasteiger partial charge is 1.00 e. The van der Waals surface area contributed by atoms with Gasteiger partial charge in [-0.15, -0.1) is 17.2 Å². The number of phenolic OH excluding ortho intramolecular Hbond substituents is 3. The minimum Gasteiger partial charge on any atom is -0.872 e. The van der Waals surface area contributed by atoms with E-state index in [0.717, 1.165) is 64.6 Å². The van der Waals surface area contributed by atoms with Crippen LogP contribution in [-0.4, -0.2) is 63.8 Å². The summed E-state index contributed by atoms with van der Waals surface area (Å²) in [7, 11) is -8.77. The van der Waals surface area contributed by atoms with E-state index in [0.29, 0.717) is 33.4 Å². The molecular weight excluding hydrogens is 1410 g/mol. The van der Waals surface area contributed by atoms with E-state index < -0.39 is 48.4 Å². The van der Waals surface area contributed by atoms with Gasteiger partial charge in [0.2, 0.25) is 0 Å². The quantitative estimate of drug-likeness (QED) is 0.128. The Kier molecular flexibility index (Phi) is 25.5. The minimum absolute atomic E-state index is 0. The van der Waals surface area contributed by atoms with Crippen molar-refractivity contribution in [3.63, 3.8) is 0 Å². The van der Waals surface area contributed by atoms with Gasteiger partial charge in [-0.3, -0.25) is 0 Å². The third-order valence-electron chi connectivity index (χ3n) is 17.9. The third kappa shape index (κ3) is 16.9. The fourth-order valence-corrected chi connectivity index (χ4v) is 19.3. The van der Waals surface area contributed by atoms with Crippen LogP contribution in [0.5, 0.6) is 34.5 Å². The Bertz CT molecular complexity index is 4040. The van der Waals surface area contributed by atoms with Gasteiger partial charge < -0.3 is 30.6 Å². The summed E-state index contributed by atoms with van der Waals surface area (Å²) in [6, 6.07) is 60.4. The number of hydrogen-bond acceptors (Lipinski definition) is 6. The van der Waals surface area contributed by atoms with Gasteiger partial charge in [0.1, 0.15) is 17.2 Å². The predicted octanol–water partition coefficient (Wildman–Crippen LogP) is 7.60. The van der Waals surface area contributed by atoms with Crippen molar-refractivity contribution in [3.05, 3.63) is 182 Å².